The number of hydrogen-bond donors (Lipinski definition) is 3. The molecule has 126 valence electrons. The van der Waals surface area contributed by atoms with Gasteiger partial charge in [0.15, 0.2) is 6.29 Å². The minimum atomic E-state index is 0.533. The molecule has 0 fully saturated rings. The molecule has 0 saturated carbocycles. The number of nitrogens with zero attached hydrogens (tertiary/aromatic N) is 3. The van der Waals surface area contributed by atoms with Crippen molar-refractivity contribution < 1.29 is 10.0 Å². The van der Waals surface area contributed by atoms with Crippen LogP contribution in [0.4, 0.5) is 0 Å². The zero-order chi connectivity index (χ0) is 17.8. The minimum Gasteiger partial charge on any atom is -0.411 e. The number of aldehydes is 1. The van der Waals surface area contributed by atoms with Gasteiger partial charge in [-0.15, -0.1) is 0 Å². The van der Waals surface area contributed by atoms with Gasteiger partial charge in [0.2, 0.25) is 0 Å². The number of nitrogens with one attached hydrogen (secondary N) is 2. The molecule has 4 aromatic heterocycles. The Hall–Kier alpha value is -2.90. The average molecular weight is 376 g/mol. The van der Waals surface area contributed by atoms with E-state index in [0.717, 1.165) is 28.3 Å². The van der Waals surface area contributed by atoms with Crippen LogP contribution < -0.4 is 0 Å². The number of halogens is 2. The van der Waals surface area contributed by atoms with Crippen molar-refractivity contribution in [1.29, 1.82) is 0 Å². The highest BCUT2D eigenvalue weighted by Gasteiger charge is 2.03. The Morgan fingerprint density at radius 3 is 2.00 bits per heavy atom. The van der Waals surface area contributed by atoms with Crippen molar-refractivity contribution in [3.05, 3.63) is 58.1 Å². The van der Waals surface area contributed by atoms with Crippen LogP contribution in [0.15, 0.2) is 42.1 Å². The summed E-state index contributed by atoms with van der Waals surface area (Å²) in [4.78, 5) is 24.4. The number of aromatic nitrogens is 4. The monoisotopic (exact) mass is 375 g/mol. The Morgan fingerprint density at radius 2 is 1.48 bits per heavy atom. The van der Waals surface area contributed by atoms with Crippen molar-refractivity contribution >= 4 is 57.8 Å². The largest absolute Gasteiger partial charge is 0.411 e. The third-order valence-electron chi connectivity index (χ3n) is 3.38. The van der Waals surface area contributed by atoms with E-state index in [2.05, 4.69) is 25.1 Å². The van der Waals surface area contributed by atoms with E-state index in [4.69, 9.17) is 28.4 Å². The first-order valence-corrected chi connectivity index (χ1v) is 7.76. The summed E-state index contributed by atoms with van der Waals surface area (Å²) in [6.07, 6.45) is 8.51. The van der Waals surface area contributed by atoms with Crippen LogP contribution in [0.3, 0.4) is 0 Å². The molecular formula is C16H11Cl2N5O2. The Kier molecular flexibility index (Phi) is 4.97. The molecule has 25 heavy (non-hydrogen) atoms. The Bertz CT molecular complexity index is 1070. The predicted octanol–water partition coefficient (Wildman–Crippen LogP) is 4.05. The summed E-state index contributed by atoms with van der Waals surface area (Å²) < 4.78 is 0. The highest BCUT2D eigenvalue weighted by atomic mass is 35.5. The number of oxime groups is 1. The molecule has 7 nitrogen and oxygen atoms in total. The summed E-state index contributed by atoms with van der Waals surface area (Å²) >= 11 is 11.5. The molecule has 0 aliphatic rings. The first kappa shape index (κ1) is 16.9. The van der Waals surface area contributed by atoms with Gasteiger partial charge in [-0.3, -0.25) is 4.79 Å². The Morgan fingerprint density at radius 1 is 0.960 bits per heavy atom. The molecule has 4 heterocycles. The van der Waals surface area contributed by atoms with Crippen LogP contribution >= 0.6 is 23.2 Å². The van der Waals surface area contributed by atoms with Gasteiger partial charge in [0.1, 0.15) is 11.3 Å². The maximum atomic E-state index is 10.5. The van der Waals surface area contributed by atoms with Crippen LogP contribution in [0.2, 0.25) is 10.0 Å². The molecule has 0 spiro atoms. The van der Waals surface area contributed by atoms with Gasteiger partial charge >= 0.3 is 0 Å². The van der Waals surface area contributed by atoms with Gasteiger partial charge < -0.3 is 15.2 Å². The highest BCUT2D eigenvalue weighted by Crippen LogP contribution is 2.19. The summed E-state index contributed by atoms with van der Waals surface area (Å²) in [7, 11) is 0. The topological polar surface area (TPSA) is 107 Å². The zero-order valence-corrected chi connectivity index (χ0v) is 14.1. The number of hydrogen-bond acceptors (Lipinski definition) is 5. The fourth-order valence-electron chi connectivity index (χ4n) is 2.26. The lowest BCUT2D eigenvalue weighted by Gasteiger charge is -1.90. The molecule has 0 saturated heterocycles. The number of aromatic amines is 2. The second-order valence-electron chi connectivity index (χ2n) is 4.95. The van der Waals surface area contributed by atoms with E-state index in [9.17, 15) is 4.79 Å². The van der Waals surface area contributed by atoms with Crippen molar-refractivity contribution in [3.8, 4) is 0 Å². The number of rotatable bonds is 2. The molecule has 0 amide bonds. The summed E-state index contributed by atoms with van der Waals surface area (Å²) in [6, 6.07) is 3.47. The van der Waals surface area contributed by atoms with Gasteiger partial charge in [0.05, 0.1) is 16.3 Å². The lowest BCUT2D eigenvalue weighted by atomic mass is 10.2. The number of carbonyl (C=O) groups excluding carboxylic acids is 1. The molecule has 0 atom stereocenters. The third-order valence-corrected chi connectivity index (χ3v) is 3.80. The average Bonchev–Trinajstić information content (AvgIpc) is 3.19. The third kappa shape index (κ3) is 3.62. The lowest BCUT2D eigenvalue weighted by Crippen LogP contribution is -1.78. The molecule has 0 bridgehead atoms. The van der Waals surface area contributed by atoms with E-state index in [1.165, 1.54) is 12.4 Å². The van der Waals surface area contributed by atoms with E-state index in [0.29, 0.717) is 21.3 Å². The molecule has 3 N–H and O–H groups in total. The molecule has 0 unspecified atom stereocenters. The van der Waals surface area contributed by atoms with Crippen molar-refractivity contribution in [2.24, 2.45) is 5.16 Å². The standard InChI is InChI=1S/C8H6ClN3O.C8H5ClN2O/c9-6-1-7-5(3-12-13)2-10-8(7)11-4-6;9-6-1-7-5(4-12)2-10-8(7)11-3-6/h1-4,13H,(H,10,11);1-4H,(H,10,11)/b12-3+;. The van der Waals surface area contributed by atoms with Crippen molar-refractivity contribution in [1.82, 2.24) is 19.9 Å². The summed E-state index contributed by atoms with van der Waals surface area (Å²) in [5.41, 5.74) is 2.74. The van der Waals surface area contributed by atoms with Gasteiger partial charge in [-0.2, -0.15) is 0 Å². The van der Waals surface area contributed by atoms with E-state index in [1.807, 2.05) is 0 Å². The lowest BCUT2D eigenvalue weighted by molar-refractivity contribution is 0.112. The normalized spacial score (nSPS) is 11.0. The Labute approximate surface area is 151 Å². The van der Waals surface area contributed by atoms with E-state index in [1.54, 1.807) is 30.7 Å². The van der Waals surface area contributed by atoms with Crippen LogP contribution in [0.5, 0.6) is 0 Å². The van der Waals surface area contributed by atoms with Crippen molar-refractivity contribution in [2.75, 3.05) is 0 Å². The molecule has 0 aliphatic heterocycles. The molecule has 4 aromatic rings. The Balaban J connectivity index is 0.000000146. The van der Waals surface area contributed by atoms with Gasteiger partial charge in [-0.25, -0.2) is 9.97 Å². The van der Waals surface area contributed by atoms with Crippen LogP contribution in [-0.2, 0) is 0 Å². The maximum absolute atomic E-state index is 10.5. The fraction of sp³-hybridized carbons (Fsp3) is 0. The quantitative estimate of drug-likeness (QED) is 0.212. The first-order valence-electron chi connectivity index (χ1n) is 7.00. The van der Waals surface area contributed by atoms with Crippen molar-refractivity contribution in [3.63, 3.8) is 0 Å². The number of pyridine rings is 2. The molecule has 0 aliphatic carbocycles. The number of fused-ring (bicyclic) bond motifs is 2. The SMILES string of the molecule is O/N=C/c1c[nH]c2ncc(Cl)cc12.O=Cc1c[nH]c2ncc(Cl)cc12. The summed E-state index contributed by atoms with van der Waals surface area (Å²) in [6.45, 7) is 0. The second-order valence-corrected chi connectivity index (χ2v) is 5.82. The predicted molar refractivity (Wildman–Crippen MR) is 97.0 cm³/mol. The van der Waals surface area contributed by atoms with Gasteiger partial charge in [-0.1, -0.05) is 28.4 Å². The van der Waals surface area contributed by atoms with Gasteiger partial charge in [-0.05, 0) is 12.1 Å². The maximum Gasteiger partial charge on any atom is 0.152 e. The molecule has 4 rings (SSSR count). The van der Waals surface area contributed by atoms with Gasteiger partial charge in [0, 0.05) is 46.7 Å². The van der Waals surface area contributed by atoms with E-state index >= 15 is 0 Å². The van der Waals surface area contributed by atoms with Crippen LogP contribution in [0, 0.1) is 0 Å². The molecule has 0 aromatic carbocycles. The number of H-pyrrole nitrogens is 2. The first-order chi connectivity index (χ1) is 12.1. The second kappa shape index (κ2) is 7.33. The molecule has 9 heteroatoms. The number of carbonyl (C=O) groups is 1. The van der Waals surface area contributed by atoms with Gasteiger partial charge in [0.25, 0.3) is 0 Å². The van der Waals surface area contributed by atoms with Crippen LogP contribution in [-0.4, -0.2) is 37.6 Å². The minimum absolute atomic E-state index is 0.533. The zero-order valence-electron chi connectivity index (χ0n) is 12.6. The van der Waals surface area contributed by atoms with Crippen LogP contribution in [0.1, 0.15) is 15.9 Å². The molecule has 0 radical (unpaired) electrons. The van der Waals surface area contributed by atoms with Crippen molar-refractivity contribution in [2.45, 2.75) is 0 Å². The highest BCUT2D eigenvalue weighted by molar-refractivity contribution is 6.31. The van der Waals surface area contributed by atoms with E-state index < -0.39 is 0 Å². The molecular weight excluding hydrogens is 365 g/mol. The fourth-order valence-corrected chi connectivity index (χ4v) is 2.58. The van der Waals surface area contributed by atoms with E-state index in [-0.39, 0.29) is 0 Å². The summed E-state index contributed by atoms with van der Waals surface area (Å²) in [5, 5.41) is 14.0. The van der Waals surface area contributed by atoms with Crippen LogP contribution in [0.25, 0.3) is 22.1 Å². The smallest absolute Gasteiger partial charge is 0.152 e. The summed E-state index contributed by atoms with van der Waals surface area (Å²) in [5.74, 6) is 0.